The van der Waals surface area contributed by atoms with E-state index in [1.165, 1.54) is 0 Å². The number of rotatable bonds is 0. The summed E-state index contributed by atoms with van der Waals surface area (Å²) in [6, 6.07) is 8.17. The Morgan fingerprint density at radius 2 is 0.780 bits per heavy atom. The van der Waals surface area contributed by atoms with Crippen molar-refractivity contribution in [1.82, 2.24) is 0 Å². The van der Waals surface area contributed by atoms with Crippen LogP contribution in [0.4, 0.5) is 0 Å². The lowest BCUT2D eigenvalue weighted by atomic mass is 9.71. The number of hydrogen-bond donors (Lipinski definition) is 4. The van der Waals surface area contributed by atoms with Gasteiger partial charge in [0.25, 0.3) is 0 Å². The van der Waals surface area contributed by atoms with Gasteiger partial charge in [0.1, 0.15) is 22.7 Å². The molecule has 5 rings (SSSR count). The molecule has 3 aliphatic carbocycles. The van der Waals surface area contributed by atoms with Crippen LogP contribution in [0.15, 0.2) is 82.0 Å². The first-order valence-electron chi connectivity index (χ1n) is 18.1. The van der Waals surface area contributed by atoms with Crippen molar-refractivity contribution in [1.29, 1.82) is 0 Å². The first-order chi connectivity index (χ1) is 22.6. The summed E-state index contributed by atoms with van der Waals surface area (Å²) in [5, 5.41) is 49.0. The molecule has 8 bridgehead atoms. The SMILES string of the molecule is CC(C)(C)C1=C/C2=C\c3cc(C(C)(C)C)cc(c3O)CC3=CC(C(C)(C)C)=C/C(=C\c4cc(C(C)(C)C)cc(c4O)CC(=C1)C2(C)O)C3(C)O. The minimum Gasteiger partial charge on any atom is -0.507 e. The van der Waals surface area contributed by atoms with Crippen LogP contribution in [0.5, 0.6) is 11.5 Å². The van der Waals surface area contributed by atoms with Crippen LogP contribution in [0.2, 0.25) is 0 Å². The summed E-state index contributed by atoms with van der Waals surface area (Å²) in [5.41, 5.74) is 6.12. The van der Waals surface area contributed by atoms with Crippen molar-refractivity contribution in [3.05, 3.63) is 115 Å². The third kappa shape index (κ3) is 7.12. The second kappa shape index (κ2) is 12.0. The van der Waals surface area contributed by atoms with E-state index in [1.54, 1.807) is 0 Å². The van der Waals surface area contributed by atoms with Gasteiger partial charge in [-0.2, -0.15) is 0 Å². The Labute approximate surface area is 301 Å². The average Bonchev–Trinajstić information content (AvgIpc) is 2.93. The minimum atomic E-state index is -1.38. The van der Waals surface area contributed by atoms with Crippen LogP contribution < -0.4 is 0 Å². The van der Waals surface area contributed by atoms with E-state index in [9.17, 15) is 20.4 Å². The lowest BCUT2D eigenvalue weighted by molar-refractivity contribution is 0.137. The fraction of sp³-hybridized carbons (Fsp3) is 0.478. The quantitative estimate of drug-likeness (QED) is 0.224. The molecular weight excluding hydrogens is 617 g/mol. The van der Waals surface area contributed by atoms with Crippen LogP contribution in [0.1, 0.15) is 130 Å². The second-order valence-corrected chi connectivity index (χ2v) is 19.4. The predicted molar refractivity (Wildman–Crippen MR) is 209 cm³/mol. The molecule has 0 spiro atoms. The zero-order chi connectivity index (χ0) is 37.6. The fourth-order valence-electron chi connectivity index (χ4n) is 6.94. The van der Waals surface area contributed by atoms with Crippen LogP contribution in [-0.2, 0) is 23.7 Å². The molecule has 4 heteroatoms. The molecule has 4 N–H and O–H groups in total. The van der Waals surface area contributed by atoms with E-state index in [2.05, 4.69) is 120 Å². The molecule has 2 unspecified atom stereocenters. The van der Waals surface area contributed by atoms with Crippen molar-refractivity contribution in [2.75, 3.05) is 0 Å². The summed E-state index contributed by atoms with van der Waals surface area (Å²) in [5.74, 6) is 0.281. The van der Waals surface area contributed by atoms with Gasteiger partial charge in [-0.15, -0.1) is 0 Å². The highest BCUT2D eigenvalue weighted by molar-refractivity contribution is 5.73. The maximum atomic E-state index is 12.4. The molecule has 0 radical (unpaired) electrons. The maximum Gasteiger partial charge on any atom is 0.126 e. The van der Waals surface area contributed by atoms with Crippen molar-refractivity contribution in [2.45, 2.75) is 132 Å². The third-order valence-corrected chi connectivity index (χ3v) is 10.9. The summed E-state index contributed by atoms with van der Waals surface area (Å²) < 4.78 is 0. The smallest absolute Gasteiger partial charge is 0.126 e. The highest BCUT2D eigenvalue weighted by Crippen LogP contribution is 2.47. The molecule has 2 aromatic carbocycles. The molecule has 0 amide bonds. The largest absolute Gasteiger partial charge is 0.507 e. The van der Waals surface area contributed by atoms with Crippen LogP contribution >= 0.6 is 0 Å². The van der Waals surface area contributed by atoms with Gasteiger partial charge in [0.15, 0.2) is 0 Å². The molecule has 2 aromatic rings. The van der Waals surface area contributed by atoms with Crippen molar-refractivity contribution < 1.29 is 20.4 Å². The normalized spacial score (nSPS) is 25.4. The first-order valence-corrected chi connectivity index (χ1v) is 18.1. The number of allylic oxidation sites excluding steroid dienone is 4. The Hall–Kier alpha value is -3.60. The number of benzene rings is 2. The Morgan fingerprint density at radius 1 is 0.460 bits per heavy atom. The number of aliphatic hydroxyl groups is 2. The van der Waals surface area contributed by atoms with E-state index >= 15 is 0 Å². The zero-order valence-electron chi connectivity index (χ0n) is 33.0. The van der Waals surface area contributed by atoms with Gasteiger partial charge in [-0.05, 0) is 115 Å². The number of phenolic OH excluding ortho intramolecular Hbond substituents is 2. The van der Waals surface area contributed by atoms with Crippen LogP contribution in [-0.4, -0.2) is 31.6 Å². The van der Waals surface area contributed by atoms with Crippen molar-refractivity contribution in [2.24, 2.45) is 10.8 Å². The van der Waals surface area contributed by atoms with Crippen molar-refractivity contribution in [3.8, 4) is 11.5 Å². The first kappa shape index (κ1) is 37.7. The minimum absolute atomic E-state index is 0.141. The maximum absolute atomic E-state index is 12.4. The lowest BCUT2D eigenvalue weighted by Crippen LogP contribution is -2.34. The van der Waals surface area contributed by atoms with E-state index in [1.807, 2.05) is 38.1 Å². The van der Waals surface area contributed by atoms with E-state index in [-0.39, 0.29) is 33.2 Å². The second-order valence-electron chi connectivity index (χ2n) is 19.4. The van der Waals surface area contributed by atoms with E-state index < -0.39 is 11.2 Å². The van der Waals surface area contributed by atoms with Gasteiger partial charge in [-0.1, -0.05) is 120 Å². The lowest BCUT2D eigenvalue weighted by Gasteiger charge is -2.37. The van der Waals surface area contributed by atoms with Crippen molar-refractivity contribution >= 4 is 12.2 Å². The monoisotopic (exact) mass is 676 g/mol. The Bertz CT molecular complexity index is 1780. The topological polar surface area (TPSA) is 80.9 Å². The fourth-order valence-corrected chi connectivity index (χ4v) is 6.94. The molecule has 0 aliphatic heterocycles. The average molecular weight is 677 g/mol. The molecular formula is C46H60O4. The Morgan fingerprint density at radius 3 is 1.06 bits per heavy atom. The van der Waals surface area contributed by atoms with Crippen molar-refractivity contribution in [3.63, 3.8) is 0 Å². The van der Waals surface area contributed by atoms with Gasteiger partial charge in [0, 0.05) is 24.0 Å². The van der Waals surface area contributed by atoms with Gasteiger partial charge in [-0.3, -0.25) is 0 Å². The molecule has 0 aromatic heterocycles. The molecule has 0 saturated carbocycles. The van der Waals surface area contributed by atoms with Crippen LogP contribution in [0.25, 0.3) is 12.2 Å². The summed E-state index contributed by atoms with van der Waals surface area (Å²) in [7, 11) is 0. The molecule has 2 atom stereocenters. The van der Waals surface area contributed by atoms with Gasteiger partial charge in [0.2, 0.25) is 0 Å². The van der Waals surface area contributed by atoms with E-state index in [0.717, 1.165) is 33.4 Å². The number of aromatic hydroxyl groups is 2. The molecule has 3 aliphatic rings. The Balaban J connectivity index is 1.94. The van der Waals surface area contributed by atoms with Gasteiger partial charge >= 0.3 is 0 Å². The molecule has 0 heterocycles. The summed E-state index contributed by atoms with van der Waals surface area (Å²) in [6.07, 6.45) is 12.7. The highest BCUT2D eigenvalue weighted by atomic mass is 16.3. The van der Waals surface area contributed by atoms with Gasteiger partial charge in [0.05, 0.1) is 0 Å². The molecule has 4 nitrogen and oxygen atoms in total. The number of fused-ring (bicyclic) bond motifs is 8. The Kier molecular flexibility index (Phi) is 9.03. The summed E-state index contributed by atoms with van der Waals surface area (Å²) in [6.45, 7) is 29.5. The summed E-state index contributed by atoms with van der Waals surface area (Å²) >= 11 is 0. The molecule has 268 valence electrons. The predicted octanol–water partition coefficient (Wildman–Crippen LogP) is 10.6. The standard InChI is InChI=1S/C46H60O4/c1-41(2,3)31-15-27-19-35-23-33(43(7,8)9)25-37(45(35,13)49)21-29-17-32(42(4,5)6)18-30(40(29)48)22-38-26-34(44(10,11)12)24-36(46(38,14)50)20-28(16-31)39(27)47/h15-19,22-26,47-50H,20-21H2,1-14H3/b35-19+,38-22+. The van der Waals surface area contributed by atoms with E-state index in [0.29, 0.717) is 46.2 Å². The van der Waals surface area contributed by atoms with Gasteiger partial charge < -0.3 is 20.4 Å². The van der Waals surface area contributed by atoms with Crippen LogP contribution in [0, 0.1) is 10.8 Å². The van der Waals surface area contributed by atoms with Gasteiger partial charge in [-0.25, -0.2) is 0 Å². The third-order valence-electron chi connectivity index (χ3n) is 10.9. The molecule has 0 fully saturated rings. The number of hydrogen-bond acceptors (Lipinski definition) is 4. The van der Waals surface area contributed by atoms with Crippen LogP contribution in [0.3, 0.4) is 0 Å². The highest BCUT2D eigenvalue weighted by Gasteiger charge is 2.38. The summed E-state index contributed by atoms with van der Waals surface area (Å²) in [4.78, 5) is 0. The molecule has 0 saturated heterocycles. The number of phenols is 2. The van der Waals surface area contributed by atoms with E-state index in [4.69, 9.17) is 0 Å². The molecule has 50 heavy (non-hydrogen) atoms. The zero-order valence-corrected chi connectivity index (χ0v) is 33.0.